The van der Waals surface area contributed by atoms with E-state index in [0.29, 0.717) is 27.8 Å². The minimum Gasteiger partial charge on any atom is -0.462 e. The van der Waals surface area contributed by atoms with Crippen LogP contribution in [0.15, 0.2) is 95.6 Å². The Bertz CT molecular complexity index is 1580. The van der Waals surface area contributed by atoms with E-state index in [9.17, 15) is 9.59 Å². The number of rotatable bonds is 6. The SMILES string of the molecule is CCOC(=O)c1cnn(-c2ccccc2)c1NC(=O)c1cc(-c2cccc(Br)c2)nc2ccccc12. The number of halogens is 1. The summed E-state index contributed by atoms with van der Waals surface area (Å²) < 4.78 is 7.63. The third-order valence-electron chi connectivity index (χ3n) is 5.58. The van der Waals surface area contributed by atoms with Crippen molar-refractivity contribution < 1.29 is 14.3 Å². The second kappa shape index (κ2) is 10.1. The van der Waals surface area contributed by atoms with Crippen LogP contribution in [0.2, 0.25) is 0 Å². The third-order valence-corrected chi connectivity index (χ3v) is 6.07. The van der Waals surface area contributed by atoms with Crippen LogP contribution < -0.4 is 5.32 Å². The molecule has 7 nitrogen and oxygen atoms in total. The molecule has 0 aliphatic rings. The predicted molar refractivity (Wildman–Crippen MR) is 142 cm³/mol. The largest absolute Gasteiger partial charge is 0.462 e. The van der Waals surface area contributed by atoms with Crippen LogP contribution in [0, 0.1) is 0 Å². The van der Waals surface area contributed by atoms with Crippen LogP contribution in [-0.2, 0) is 4.74 Å². The van der Waals surface area contributed by atoms with Gasteiger partial charge in [0.1, 0.15) is 5.56 Å². The summed E-state index contributed by atoms with van der Waals surface area (Å²) in [5.41, 5.74) is 3.49. The van der Waals surface area contributed by atoms with Crippen molar-refractivity contribution in [1.29, 1.82) is 0 Å². The number of hydrogen-bond acceptors (Lipinski definition) is 5. The Morgan fingerprint density at radius 1 is 0.944 bits per heavy atom. The van der Waals surface area contributed by atoms with Gasteiger partial charge in [0.05, 0.1) is 35.3 Å². The molecule has 5 rings (SSSR count). The molecule has 0 aliphatic carbocycles. The minimum atomic E-state index is -0.565. The number of ether oxygens (including phenoxy) is 1. The molecule has 1 amide bonds. The second-order valence-electron chi connectivity index (χ2n) is 7.91. The number of fused-ring (bicyclic) bond motifs is 1. The van der Waals surface area contributed by atoms with Crippen molar-refractivity contribution in [2.45, 2.75) is 6.92 Å². The van der Waals surface area contributed by atoms with Crippen molar-refractivity contribution in [2.24, 2.45) is 0 Å². The maximum absolute atomic E-state index is 13.8. The number of benzene rings is 3. The zero-order valence-corrected chi connectivity index (χ0v) is 20.9. The first-order valence-corrected chi connectivity index (χ1v) is 12.1. The van der Waals surface area contributed by atoms with Crippen molar-refractivity contribution in [3.63, 3.8) is 0 Å². The van der Waals surface area contributed by atoms with Gasteiger partial charge in [-0.15, -0.1) is 0 Å². The number of hydrogen-bond donors (Lipinski definition) is 1. The molecule has 0 aliphatic heterocycles. The van der Waals surface area contributed by atoms with Crippen LogP contribution >= 0.6 is 15.9 Å². The van der Waals surface area contributed by atoms with Crippen LogP contribution in [-0.4, -0.2) is 33.2 Å². The fourth-order valence-corrected chi connectivity index (χ4v) is 4.32. The molecule has 0 bridgehead atoms. The molecule has 36 heavy (non-hydrogen) atoms. The van der Waals surface area contributed by atoms with E-state index in [2.05, 4.69) is 26.3 Å². The van der Waals surface area contributed by atoms with Crippen LogP contribution in [0.3, 0.4) is 0 Å². The van der Waals surface area contributed by atoms with E-state index in [4.69, 9.17) is 9.72 Å². The zero-order valence-electron chi connectivity index (χ0n) is 19.3. The average molecular weight is 541 g/mol. The Labute approximate surface area is 215 Å². The lowest BCUT2D eigenvalue weighted by atomic mass is 10.0. The first-order chi connectivity index (χ1) is 17.5. The lowest BCUT2D eigenvalue weighted by Gasteiger charge is -2.13. The fourth-order valence-electron chi connectivity index (χ4n) is 3.93. The number of aromatic nitrogens is 3. The molecule has 0 fully saturated rings. The molecule has 0 atom stereocenters. The molecule has 8 heteroatoms. The van der Waals surface area contributed by atoms with E-state index < -0.39 is 11.9 Å². The van der Waals surface area contributed by atoms with Crippen molar-refractivity contribution in [2.75, 3.05) is 11.9 Å². The average Bonchev–Trinajstić information content (AvgIpc) is 3.32. The first-order valence-electron chi connectivity index (χ1n) is 11.3. The van der Waals surface area contributed by atoms with Gasteiger partial charge in [0.2, 0.25) is 0 Å². The summed E-state index contributed by atoms with van der Waals surface area (Å²) in [4.78, 5) is 31.2. The summed E-state index contributed by atoms with van der Waals surface area (Å²) in [6, 6.07) is 26.2. The number of nitrogens with zero attached hydrogens (tertiary/aromatic N) is 3. The Hall–Kier alpha value is -4.30. The molecule has 2 aromatic heterocycles. The molecule has 178 valence electrons. The summed E-state index contributed by atoms with van der Waals surface area (Å²) in [5, 5.41) is 7.97. The molecular weight excluding hydrogens is 520 g/mol. The van der Waals surface area contributed by atoms with Crippen molar-refractivity contribution in [1.82, 2.24) is 14.8 Å². The normalized spacial score (nSPS) is 10.8. The number of carbonyl (C=O) groups is 2. The molecule has 2 heterocycles. The summed E-state index contributed by atoms with van der Waals surface area (Å²) in [7, 11) is 0. The number of para-hydroxylation sites is 2. The number of nitrogens with one attached hydrogen (secondary N) is 1. The smallest absolute Gasteiger partial charge is 0.343 e. The van der Waals surface area contributed by atoms with Crippen molar-refractivity contribution in [3.05, 3.63) is 107 Å². The summed E-state index contributed by atoms with van der Waals surface area (Å²) in [6.07, 6.45) is 1.40. The fraction of sp³-hybridized carbons (Fsp3) is 0.0714. The zero-order chi connectivity index (χ0) is 25.1. The minimum absolute atomic E-state index is 0.166. The number of amides is 1. The van der Waals surface area contributed by atoms with Gasteiger partial charge in [-0.3, -0.25) is 4.79 Å². The molecule has 0 spiro atoms. The predicted octanol–water partition coefficient (Wildman–Crippen LogP) is 6.28. The van der Waals surface area contributed by atoms with Gasteiger partial charge in [-0.1, -0.05) is 64.5 Å². The van der Waals surface area contributed by atoms with Crippen LogP contribution in [0.1, 0.15) is 27.6 Å². The molecule has 0 radical (unpaired) electrons. The highest BCUT2D eigenvalue weighted by Gasteiger charge is 2.23. The highest BCUT2D eigenvalue weighted by atomic mass is 79.9. The Morgan fingerprint density at radius 3 is 2.50 bits per heavy atom. The number of anilines is 1. The van der Waals surface area contributed by atoms with E-state index in [0.717, 1.165) is 10.0 Å². The highest BCUT2D eigenvalue weighted by Crippen LogP contribution is 2.28. The Kier molecular flexibility index (Phi) is 6.60. The van der Waals surface area contributed by atoms with E-state index in [1.807, 2.05) is 78.9 Å². The quantitative estimate of drug-likeness (QED) is 0.256. The summed E-state index contributed by atoms with van der Waals surface area (Å²) in [6.45, 7) is 1.93. The van der Waals surface area contributed by atoms with Gasteiger partial charge >= 0.3 is 5.97 Å². The second-order valence-corrected chi connectivity index (χ2v) is 8.83. The summed E-state index contributed by atoms with van der Waals surface area (Å²) in [5.74, 6) is -0.730. The lowest BCUT2D eigenvalue weighted by molar-refractivity contribution is 0.0527. The topological polar surface area (TPSA) is 86.1 Å². The third kappa shape index (κ3) is 4.63. The van der Waals surface area contributed by atoms with Gasteiger partial charge in [-0.25, -0.2) is 14.5 Å². The number of carbonyl (C=O) groups excluding carboxylic acids is 2. The van der Waals surface area contributed by atoms with Gasteiger partial charge in [-0.05, 0) is 43.3 Å². The van der Waals surface area contributed by atoms with Gasteiger partial charge in [0.25, 0.3) is 5.91 Å². The molecule has 0 saturated carbocycles. The molecular formula is C28H21BrN4O3. The van der Waals surface area contributed by atoms with E-state index in [1.165, 1.54) is 10.9 Å². The molecule has 1 N–H and O–H groups in total. The Balaban J connectivity index is 1.62. The maximum atomic E-state index is 13.8. The molecule has 0 saturated heterocycles. The van der Waals surface area contributed by atoms with Gasteiger partial charge in [0, 0.05) is 15.4 Å². The van der Waals surface area contributed by atoms with Crippen molar-refractivity contribution >= 4 is 44.5 Å². The standard InChI is InChI=1S/C28H21BrN4O3/c1-2-36-28(35)23-17-30-33(20-11-4-3-5-12-20)26(23)32-27(34)22-16-25(18-9-8-10-19(29)15-18)31-24-14-7-6-13-21(22)24/h3-17H,2H2,1H3,(H,32,34). The maximum Gasteiger partial charge on any atom is 0.343 e. The molecule has 0 unspecified atom stereocenters. The Morgan fingerprint density at radius 2 is 1.72 bits per heavy atom. The number of pyridine rings is 1. The van der Waals surface area contributed by atoms with E-state index in [-0.39, 0.29) is 18.0 Å². The van der Waals surface area contributed by atoms with Gasteiger partial charge < -0.3 is 10.1 Å². The van der Waals surface area contributed by atoms with Crippen LogP contribution in [0.25, 0.3) is 27.8 Å². The monoisotopic (exact) mass is 540 g/mol. The first kappa shape index (κ1) is 23.4. The molecule has 3 aromatic carbocycles. The van der Waals surface area contributed by atoms with E-state index in [1.54, 1.807) is 13.0 Å². The van der Waals surface area contributed by atoms with Gasteiger partial charge in [0.15, 0.2) is 5.82 Å². The summed E-state index contributed by atoms with van der Waals surface area (Å²) >= 11 is 3.50. The number of esters is 1. The van der Waals surface area contributed by atoms with E-state index >= 15 is 0 Å². The van der Waals surface area contributed by atoms with Gasteiger partial charge in [-0.2, -0.15) is 5.10 Å². The lowest BCUT2D eigenvalue weighted by Crippen LogP contribution is -2.18. The van der Waals surface area contributed by atoms with Crippen molar-refractivity contribution in [3.8, 4) is 16.9 Å². The van der Waals surface area contributed by atoms with Crippen LogP contribution in [0.5, 0.6) is 0 Å². The highest BCUT2D eigenvalue weighted by molar-refractivity contribution is 9.10. The molecule has 5 aromatic rings. The van der Waals surface area contributed by atoms with Crippen LogP contribution in [0.4, 0.5) is 5.82 Å².